The zero-order chi connectivity index (χ0) is 17.4. The van der Waals surface area contributed by atoms with E-state index in [4.69, 9.17) is 10.00 Å². The lowest BCUT2D eigenvalue weighted by Crippen LogP contribution is -2.38. The van der Waals surface area contributed by atoms with Crippen molar-refractivity contribution in [3.8, 4) is 6.07 Å². The fourth-order valence-electron chi connectivity index (χ4n) is 2.48. The Morgan fingerprint density at radius 1 is 1.43 bits per heavy atom. The minimum atomic E-state index is -0.162. The highest BCUT2D eigenvalue weighted by atomic mass is 16.5. The van der Waals surface area contributed by atoms with Crippen molar-refractivity contribution in [3.05, 3.63) is 17.0 Å². The van der Waals surface area contributed by atoms with Crippen LogP contribution < -0.4 is 5.32 Å². The molecule has 0 spiro atoms. The molecule has 2 atom stereocenters. The van der Waals surface area contributed by atoms with Crippen LogP contribution >= 0.6 is 0 Å². The largest absolute Gasteiger partial charge is 0.360 e. The number of nitrogens with one attached hydrogen (secondary N) is 1. The van der Waals surface area contributed by atoms with Gasteiger partial charge in [0.15, 0.2) is 0 Å². The van der Waals surface area contributed by atoms with Gasteiger partial charge in [-0.25, -0.2) is 4.68 Å². The van der Waals surface area contributed by atoms with Crippen LogP contribution in [-0.4, -0.2) is 28.3 Å². The van der Waals surface area contributed by atoms with Gasteiger partial charge in [0, 0.05) is 24.3 Å². The van der Waals surface area contributed by atoms with E-state index in [-0.39, 0.29) is 17.9 Å². The lowest BCUT2D eigenvalue weighted by molar-refractivity contribution is -0.125. The summed E-state index contributed by atoms with van der Waals surface area (Å²) in [5.74, 6) is -0.173. The molecule has 128 valence electrons. The zero-order valence-electron chi connectivity index (χ0n) is 14.8. The summed E-state index contributed by atoms with van der Waals surface area (Å²) in [4.78, 5) is 12.3. The van der Waals surface area contributed by atoms with Gasteiger partial charge >= 0.3 is 0 Å². The predicted molar refractivity (Wildman–Crippen MR) is 88.6 cm³/mol. The van der Waals surface area contributed by atoms with Gasteiger partial charge in [-0.15, -0.1) is 0 Å². The predicted octanol–water partition coefficient (Wildman–Crippen LogP) is 2.48. The highest BCUT2D eigenvalue weighted by molar-refractivity contribution is 5.79. The fourth-order valence-corrected chi connectivity index (χ4v) is 2.48. The minimum absolute atomic E-state index is 0.0107. The number of aromatic nitrogens is 2. The first-order valence-electron chi connectivity index (χ1n) is 8.22. The Kier molecular flexibility index (Phi) is 7.76. The quantitative estimate of drug-likeness (QED) is 0.758. The number of amides is 1. The summed E-state index contributed by atoms with van der Waals surface area (Å²) in [6.45, 7) is 10.9. The Morgan fingerprint density at radius 2 is 2.13 bits per heavy atom. The Hall–Kier alpha value is -1.87. The van der Waals surface area contributed by atoms with E-state index in [0.717, 1.165) is 23.4 Å². The smallest absolute Gasteiger partial charge is 0.223 e. The van der Waals surface area contributed by atoms with Gasteiger partial charge in [0.25, 0.3) is 0 Å². The van der Waals surface area contributed by atoms with E-state index in [0.29, 0.717) is 26.2 Å². The van der Waals surface area contributed by atoms with Crippen molar-refractivity contribution in [2.45, 2.75) is 66.7 Å². The van der Waals surface area contributed by atoms with Crippen LogP contribution in [0, 0.1) is 31.1 Å². The molecule has 1 amide bonds. The Morgan fingerprint density at radius 3 is 2.70 bits per heavy atom. The maximum atomic E-state index is 12.3. The minimum Gasteiger partial charge on any atom is -0.360 e. The molecule has 0 fully saturated rings. The number of carbonyl (C=O) groups is 1. The molecule has 1 N–H and O–H groups in total. The molecule has 0 unspecified atom stereocenters. The third-order valence-corrected chi connectivity index (χ3v) is 4.08. The summed E-state index contributed by atoms with van der Waals surface area (Å²) in [7, 11) is 0. The second-order valence-electron chi connectivity index (χ2n) is 5.85. The number of aryl methyl sites for hydroxylation is 1. The van der Waals surface area contributed by atoms with Crippen molar-refractivity contribution < 1.29 is 9.53 Å². The van der Waals surface area contributed by atoms with Crippen LogP contribution in [0.1, 0.15) is 50.6 Å². The highest BCUT2D eigenvalue weighted by Gasteiger charge is 2.21. The number of hydrogen-bond donors (Lipinski definition) is 1. The molecular weight excluding hydrogens is 292 g/mol. The Labute approximate surface area is 138 Å². The molecule has 0 saturated carbocycles. The SMILES string of the molecule is CCOCn1nc(C)c(C[C@H](C)C(=O)N[C@H](CC)CC#N)c1C. The monoisotopic (exact) mass is 320 g/mol. The normalized spacial score (nSPS) is 13.4. The van der Waals surface area contributed by atoms with Gasteiger partial charge in [-0.05, 0) is 39.2 Å². The number of nitrogens with zero attached hydrogens (tertiary/aromatic N) is 3. The summed E-state index contributed by atoms with van der Waals surface area (Å²) in [6, 6.07) is 2.04. The maximum absolute atomic E-state index is 12.3. The van der Waals surface area contributed by atoms with Crippen molar-refractivity contribution >= 4 is 5.91 Å². The van der Waals surface area contributed by atoms with Crippen molar-refractivity contribution in [3.63, 3.8) is 0 Å². The molecule has 0 aliphatic carbocycles. The standard InChI is InChI=1S/C17H28N4O2/c1-6-15(8-9-18)19-17(22)12(3)10-16-13(4)20-21(14(16)5)11-23-7-2/h12,15H,6-8,10-11H2,1-5H3,(H,19,22)/t12-,15+/m0/s1. The molecule has 6 nitrogen and oxygen atoms in total. The van der Waals surface area contributed by atoms with Crippen LogP contribution in [0.15, 0.2) is 0 Å². The average molecular weight is 320 g/mol. The molecule has 1 aromatic heterocycles. The van der Waals surface area contributed by atoms with Crippen LogP contribution in [-0.2, 0) is 22.7 Å². The van der Waals surface area contributed by atoms with Gasteiger partial charge in [0.2, 0.25) is 5.91 Å². The van der Waals surface area contributed by atoms with Gasteiger partial charge in [0.05, 0.1) is 18.2 Å². The molecule has 0 aliphatic heterocycles. The first-order valence-corrected chi connectivity index (χ1v) is 8.22. The molecule has 0 aromatic carbocycles. The number of ether oxygens (including phenoxy) is 1. The lowest BCUT2D eigenvalue weighted by atomic mass is 9.98. The molecule has 0 saturated heterocycles. The maximum Gasteiger partial charge on any atom is 0.223 e. The lowest BCUT2D eigenvalue weighted by Gasteiger charge is -2.18. The van der Waals surface area contributed by atoms with Crippen molar-refractivity contribution in [1.82, 2.24) is 15.1 Å². The van der Waals surface area contributed by atoms with E-state index in [1.165, 1.54) is 0 Å². The summed E-state index contributed by atoms with van der Waals surface area (Å²) in [6.07, 6.45) is 1.74. The first kappa shape index (κ1) is 19.2. The van der Waals surface area contributed by atoms with E-state index >= 15 is 0 Å². The first-order chi connectivity index (χ1) is 10.9. The topological polar surface area (TPSA) is 79.9 Å². The molecule has 0 radical (unpaired) electrons. The number of hydrogen-bond acceptors (Lipinski definition) is 4. The number of nitriles is 1. The van der Waals surface area contributed by atoms with Gasteiger partial charge in [0.1, 0.15) is 6.73 Å². The van der Waals surface area contributed by atoms with E-state index in [9.17, 15) is 4.79 Å². The van der Waals surface area contributed by atoms with Crippen LogP contribution in [0.25, 0.3) is 0 Å². The molecule has 1 heterocycles. The van der Waals surface area contributed by atoms with Gasteiger partial charge in [-0.2, -0.15) is 10.4 Å². The van der Waals surface area contributed by atoms with Crippen molar-refractivity contribution in [2.75, 3.05) is 6.61 Å². The molecule has 0 bridgehead atoms. The van der Waals surface area contributed by atoms with Crippen LogP contribution in [0.5, 0.6) is 0 Å². The Balaban J connectivity index is 2.73. The van der Waals surface area contributed by atoms with E-state index in [1.807, 2.05) is 39.3 Å². The summed E-state index contributed by atoms with van der Waals surface area (Å²) in [5.41, 5.74) is 3.08. The average Bonchev–Trinajstić information content (AvgIpc) is 2.79. The summed E-state index contributed by atoms with van der Waals surface area (Å²) >= 11 is 0. The molecule has 23 heavy (non-hydrogen) atoms. The highest BCUT2D eigenvalue weighted by Crippen LogP contribution is 2.18. The third-order valence-electron chi connectivity index (χ3n) is 4.08. The number of rotatable bonds is 9. The van der Waals surface area contributed by atoms with Crippen molar-refractivity contribution in [1.29, 1.82) is 5.26 Å². The third kappa shape index (κ3) is 5.36. The van der Waals surface area contributed by atoms with E-state index in [2.05, 4.69) is 16.5 Å². The van der Waals surface area contributed by atoms with Gasteiger partial charge in [-0.1, -0.05) is 13.8 Å². The second kappa shape index (κ2) is 9.31. The number of carbonyl (C=O) groups excluding carboxylic acids is 1. The molecule has 1 rings (SSSR count). The van der Waals surface area contributed by atoms with Gasteiger partial charge in [-0.3, -0.25) is 4.79 Å². The van der Waals surface area contributed by atoms with Crippen molar-refractivity contribution in [2.24, 2.45) is 5.92 Å². The molecule has 0 aliphatic rings. The van der Waals surface area contributed by atoms with E-state index in [1.54, 1.807) is 0 Å². The zero-order valence-corrected chi connectivity index (χ0v) is 14.8. The fraction of sp³-hybridized carbons (Fsp3) is 0.706. The van der Waals surface area contributed by atoms with E-state index < -0.39 is 0 Å². The van der Waals surface area contributed by atoms with Gasteiger partial charge < -0.3 is 10.1 Å². The summed E-state index contributed by atoms with van der Waals surface area (Å²) in [5, 5.41) is 16.2. The van der Waals surface area contributed by atoms with Crippen LogP contribution in [0.4, 0.5) is 0 Å². The van der Waals surface area contributed by atoms with Crippen LogP contribution in [0.2, 0.25) is 0 Å². The molecule has 6 heteroatoms. The summed E-state index contributed by atoms with van der Waals surface area (Å²) < 4.78 is 7.24. The Bertz CT molecular complexity index is 560. The second-order valence-corrected chi connectivity index (χ2v) is 5.85. The molecular formula is C17H28N4O2. The van der Waals surface area contributed by atoms with Crippen LogP contribution in [0.3, 0.4) is 0 Å². The molecule has 1 aromatic rings.